The quantitative estimate of drug-likeness (QED) is 0.758. The molecular weight excluding hydrogens is 244 g/mol. The zero-order valence-corrected chi connectivity index (χ0v) is 13.5. The van der Waals surface area contributed by atoms with E-state index in [1.165, 1.54) is 90.6 Å². The minimum absolute atomic E-state index is 1.02. The highest BCUT2D eigenvalue weighted by atomic mass is 15.1. The van der Waals surface area contributed by atoms with Crippen LogP contribution in [0.3, 0.4) is 0 Å². The standard InChI is InChI=1S/C18H34N2/c1-16-13-18(14-16)15-20-11-6-17(7-12-20)5-10-19-8-3-2-4-9-19/h16-18H,2-15H2,1H3. The summed E-state index contributed by atoms with van der Waals surface area (Å²) in [6, 6.07) is 0. The lowest BCUT2D eigenvalue weighted by molar-refractivity contribution is 0.0985. The predicted octanol–water partition coefficient (Wildman–Crippen LogP) is 3.62. The van der Waals surface area contributed by atoms with E-state index in [0.717, 1.165) is 17.8 Å². The first kappa shape index (κ1) is 14.8. The van der Waals surface area contributed by atoms with E-state index in [9.17, 15) is 0 Å². The molecule has 1 aliphatic carbocycles. The van der Waals surface area contributed by atoms with Crippen molar-refractivity contribution in [2.45, 2.75) is 58.3 Å². The Labute approximate surface area is 125 Å². The molecule has 0 aromatic heterocycles. The Bertz CT molecular complexity index is 271. The van der Waals surface area contributed by atoms with Gasteiger partial charge < -0.3 is 9.80 Å². The van der Waals surface area contributed by atoms with Gasteiger partial charge in [-0.3, -0.25) is 0 Å². The van der Waals surface area contributed by atoms with Crippen molar-refractivity contribution in [3.8, 4) is 0 Å². The summed E-state index contributed by atoms with van der Waals surface area (Å²) >= 11 is 0. The molecule has 0 N–H and O–H groups in total. The largest absolute Gasteiger partial charge is 0.303 e. The van der Waals surface area contributed by atoms with E-state index in [2.05, 4.69) is 16.7 Å². The van der Waals surface area contributed by atoms with E-state index < -0.39 is 0 Å². The summed E-state index contributed by atoms with van der Waals surface area (Å²) in [5, 5.41) is 0. The van der Waals surface area contributed by atoms with Crippen molar-refractivity contribution in [2.24, 2.45) is 17.8 Å². The second kappa shape index (κ2) is 7.26. The number of piperidine rings is 2. The topological polar surface area (TPSA) is 6.48 Å². The van der Waals surface area contributed by atoms with Crippen LogP contribution in [0.1, 0.15) is 58.3 Å². The van der Waals surface area contributed by atoms with Crippen LogP contribution >= 0.6 is 0 Å². The maximum Gasteiger partial charge on any atom is 0.000986 e. The third-order valence-electron chi connectivity index (χ3n) is 6.00. The summed E-state index contributed by atoms with van der Waals surface area (Å²) in [7, 11) is 0. The fraction of sp³-hybridized carbons (Fsp3) is 1.00. The lowest BCUT2D eigenvalue weighted by Crippen LogP contribution is -2.41. The minimum atomic E-state index is 1.02. The second-order valence-corrected chi connectivity index (χ2v) is 7.88. The van der Waals surface area contributed by atoms with Crippen molar-refractivity contribution < 1.29 is 0 Å². The molecule has 1 saturated carbocycles. The molecule has 116 valence electrons. The van der Waals surface area contributed by atoms with Crippen LogP contribution < -0.4 is 0 Å². The van der Waals surface area contributed by atoms with Gasteiger partial charge in [0.2, 0.25) is 0 Å². The molecule has 2 nitrogen and oxygen atoms in total. The number of rotatable bonds is 5. The highest BCUT2D eigenvalue weighted by Gasteiger charge is 2.28. The lowest BCUT2D eigenvalue weighted by Gasteiger charge is -2.40. The average Bonchev–Trinajstić information content (AvgIpc) is 2.46. The molecule has 2 heterocycles. The van der Waals surface area contributed by atoms with Crippen molar-refractivity contribution in [1.82, 2.24) is 9.80 Å². The molecule has 3 rings (SSSR count). The van der Waals surface area contributed by atoms with Crippen LogP contribution in [0.5, 0.6) is 0 Å². The Morgan fingerprint density at radius 2 is 1.50 bits per heavy atom. The van der Waals surface area contributed by atoms with Crippen LogP contribution in [-0.2, 0) is 0 Å². The molecule has 0 spiro atoms. The Kier molecular flexibility index (Phi) is 5.39. The fourth-order valence-electron chi connectivity index (χ4n) is 4.59. The molecule has 0 aromatic carbocycles. The van der Waals surface area contributed by atoms with Crippen molar-refractivity contribution in [2.75, 3.05) is 39.3 Å². The highest BCUT2D eigenvalue weighted by molar-refractivity contribution is 4.81. The normalized spacial score (nSPS) is 34.0. The van der Waals surface area contributed by atoms with Gasteiger partial charge in [-0.15, -0.1) is 0 Å². The van der Waals surface area contributed by atoms with Crippen LogP contribution in [0.25, 0.3) is 0 Å². The van der Waals surface area contributed by atoms with Crippen LogP contribution in [0, 0.1) is 17.8 Å². The smallest absolute Gasteiger partial charge is 0.000986 e. The van der Waals surface area contributed by atoms with Crippen molar-refractivity contribution in [3.05, 3.63) is 0 Å². The first-order valence-corrected chi connectivity index (χ1v) is 9.24. The zero-order valence-electron chi connectivity index (χ0n) is 13.5. The van der Waals surface area contributed by atoms with Gasteiger partial charge in [-0.2, -0.15) is 0 Å². The summed E-state index contributed by atoms with van der Waals surface area (Å²) in [6.45, 7) is 10.7. The van der Waals surface area contributed by atoms with Gasteiger partial charge >= 0.3 is 0 Å². The molecule has 3 fully saturated rings. The van der Waals surface area contributed by atoms with Gasteiger partial charge in [-0.05, 0) is 95.4 Å². The summed E-state index contributed by atoms with van der Waals surface area (Å²) in [5.74, 6) is 3.07. The van der Waals surface area contributed by atoms with E-state index in [1.807, 2.05) is 0 Å². The lowest BCUT2D eigenvalue weighted by atomic mass is 9.75. The molecule has 0 radical (unpaired) electrons. The van der Waals surface area contributed by atoms with Crippen LogP contribution in [0.2, 0.25) is 0 Å². The maximum atomic E-state index is 2.76. The molecule has 0 amide bonds. The molecule has 2 aliphatic heterocycles. The average molecular weight is 278 g/mol. The van der Waals surface area contributed by atoms with Gasteiger partial charge in [0.15, 0.2) is 0 Å². The monoisotopic (exact) mass is 278 g/mol. The van der Waals surface area contributed by atoms with Crippen molar-refractivity contribution in [1.29, 1.82) is 0 Å². The van der Waals surface area contributed by atoms with Gasteiger partial charge in [-0.1, -0.05) is 13.3 Å². The Morgan fingerprint density at radius 1 is 0.800 bits per heavy atom. The molecule has 0 bridgehead atoms. The molecule has 0 unspecified atom stereocenters. The minimum Gasteiger partial charge on any atom is -0.303 e. The number of hydrogen-bond donors (Lipinski definition) is 0. The van der Waals surface area contributed by atoms with Crippen molar-refractivity contribution in [3.63, 3.8) is 0 Å². The molecule has 3 aliphatic rings. The molecule has 2 saturated heterocycles. The van der Waals surface area contributed by atoms with Gasteiger partial charge in [0.25, 0.3) is 0 Å². The zero-order chi connectivity index (χ0) is 13.8. The van der Waals surface area contributed by atoms with E-state index >= 15 is 0 Å². The Morgan fingerprint density at radius 3 is 2.15 bits per heavy atom. The molecule has 0 atom stereocenters. The van der Waals surface area contributed by atoms with Gasteiger partial charge in [0, 0.05) is 6.54 Å². The summed E-state index contributed by atoms with van der Waals surface area (Å²) < 4.78 is 0. The SMILES string of the molecule is CC1CC(CN2CCC(CCN3CCCCC3)CC2)C1. The first-order chi connectivity index (χ1) is 9.79. The highest BCUT2D eigenvalue weighted by Crippen LogP contribution is 2.34. The second-order valence-electron chi connectivity index (χ2n) is 7.88. The third-order valence-corrected chi connectivity index (χ3v) is 6.00. The first-order valence-electron chi connectivity index (χ1n) is 9.24. The fourth-order valence-corrected chi connectivity index (χ4v) is 4.59. The summed E-state index contributed by atoms with van der Waals surface area (Å²) in [6.07, 6.45) is 11.7. The number of likely N-dealkylation sites (tertiary alicyclic amines) is 2. The Hall–Kier alpha value is -0.0800. The summed E-state index contributed by atoms with van der Waals surface area (Å²) in [4.78, 5) is 5.47. The van der Waals surface area contributed by atoms with E-state index in [4.69, 9.17) is 0 Å². The number of hydrogen-bond acceptors (Lipinski definition) is 2. The summed E-state index contributed by atoms with van der Waals surface area (Å²) in [5.41, 5.74) is 0. The van der Waals surface area contributed by atoms with Gasteiger partial charge in [-0.25, -0.2) is 0 Å². The van der Waals surface area contributed by atoms with Crippen molar-refractivity contribution >= 4 is 0 Å². The van der Waals surface area contributed by atoms with E-state index in [0.29, 0.717) is 0 Å². The van der Waals surface area contributed by atoms with Gasteiger partial charge in [0.1, 0.15) is 0 Å². The van der Waals surface area contributed by atoms with Crippen LogP contribution in [0.4, 0.5) is 0 Å². The molecule has 2 heteroatoms. The van der Waals surface area contributed by atoms with E-state index in [-0.39, 0.29) is 0 Å². The third kappa shape index (κ3) is 4.21. The maximum absolute atomic E-state index is 2.76. The molecule has 0 aromatic rings. The molecule has 20 heavy (non-hydrogen) atoms. The van der Waals surface area contributed by atoms with E-state index in [1.54, 1.807) is 0 Å². The predicted molar refractivity (Wildman–Crippen MR) is 86.0 cm³/mol. The number of nitrogens with zero attached hydrogens (tertiary/aromatic N) is 2. The van der Waals surface area contributed by atoms with Crippen LogP contribution in [-0.4, -0.2) is 49.1 Å². The Balaban J connectivity index is 1.28. The molecular formula is C18H34N2. The van der Waals surface area contributed by atoms with Crippen LogP contribution in [0.15, 0.2) is 0 Å². The van der Waals surface area contributed by atoms with Gasteiger partial charge in [0.05, 0.1) is 0 Å².